The highest BCUT2D eigenvalue weighted by Crippen LogP contribution is 2.38. The summed E-state index contributed by atoms with van der Waals surface area (Å²) in [6, 6.07) is 20.5. The van der Waals surface area contributed by atoms with Gasteiger partial charge in [0.2, 0.25) is 11.9 Å². The number of carbonyl (C=O) groups is 1. The van der Waals surface area contributed by atoms with Crippen LogP contribution in [0.3, 0.4) is 0 Å². The third-order valence-electron chi connectivity index (χ3n) is 5.76. The average molecular weight is 434 g/mol. The molecule has 7 heteroatoms. The Labute approximate surface area is 187 Å². The molecule has 1 amide bonds. The standard InChI is InChI=1S/C24H27N5OS/c30-22(25-19-14-15-19)21(18-10-4-1-5-11-18)31-24-27-26-23(28-16-8-3-9-17-28)29(24)20-12-6-2-7-13-20/h1-2,4-7,10-13,19,21H,3,8-9,14-17H2,(H,25,30). The molecule has 2 heterocycles. The van der Waals surface area contributed by atoms with Gasteiger partial charge in [0.15, 0.2) is 5.16 Å². The summed E-state index contributed by atoms with van der Waals surface area (Å²) in [4.78, 5) is 15.5. The Morgan fingerprint density at radius 3 is 2.29 bits per heavy atom. The fraction of sp³-hybridized carbons (Fsp3) is 0.375. The van der Waals surface area contributed by atoms with Crippen molar-refractivity contribution in [2.75, 3.05) is 18.0 Å². The molecule has 6 nitrogen and oxygen atoms in total. The molecule has 1 saturated heterocycles. The minimum absolute atomic E-state index is 0.0424. The summed E-state index contributed by atoms with van der Waals surface area (Å²) in [6.45, 7) is 1.97. The predicted octanol–water partition coefficient (Wildman–Crippen LogP) is 4.37. The van der Waals surface area contributed by atoms with Crippen LogP contribution in [0.2, 0.25) is 0 Å². The molecular weight excluding hydrogens is 406 g/mol. The molecule has 0 spiro atoms. The van der Waals surface area contributed by atoms with E-state index < -0.39 is 0 Å². The number of piperidine rings is 1. The number of hydrogen-bond acceptors (Lipinski definition) is 5. The molecular formula is C24H27N5OS. The zero-order valence-electron chi connectivity index (χ0n) is 17.5. The Balaban J connectivity index is 1.51. The van der Waals surface area contributed by atoms with Crippen LogP contribution in [0.15, 0.2) is 65.8 Å². The second-order valence-corrected chi connectivity index (χ2v) is 9.26. The minimum atomic E-state index is -0.373. The van der Waals surface area contributed by atoms with Gasteiger partial charge >= 0.3 is 0 Å². The van der Waals surface area contributed by atoms with E-state index in [2.05, 4.69) is 37.1 Å². The first-order valence-corrected chi connectivity index (χ1v) is 12.0. The topological polar surface area (TPSA) is 63.1 Å². The molecule has 1 aliphatic heterocycles. The third-order valence-corrected chi connectivity index (χ3v) is 6.95. The molecule has 2 aliphatic rings. The number of hydrogen-bond donors (Lipinski definition) is 1. The highest BCUT2D eigenvalue weighted by atomic mass is 32.2. The maximum absolute atomic E-state index is 13.2. The molecule has 2 aromatic carbocycles. The molecule has 1 aliphatic carbocycles. The molecule has 0 radical (unpaired) electrons. The van der Waals surface area contributed by atoms with Gasteiger partial charge in [0.1, 0.15) is 5.25 Å². The smallest absolute Gasteiger partial charge is 0.238 e. The lowest BCUT2D eigenvalue weighted by Gasteiger charge is -2.28. The van der Waals surface area contributed by atoms with Crippen molar-refractivity contribution in [2.45, 2.75) is 48.6 Å². The number of para-hydroxylation sites is 1. The van der Waals surface area contributed by atoms with Gasteiger partial charge in [-0.15, -0.1) is 10.2 Å². The van der Waals surface area contributed by atoms with Crippen LogP contribution in [0, 0.1) is 0 Å². The molecule has 1 atom stereocenters. The van der Waals surface area contributed by atoms with Gasteiger partial charge in [-0.05, 0) is 49.8 Å². The number of rotatable bonds is 7. The Bertz CT molecular complexity index is 1010. The van der Waals surface area contributed by atoms with Crippen LogP contribution in [0.25, 0.3) is 5.69 Å². The summed E-state index contributed by atoms with van der Waals surface area (Å²) < 4.78 is 2.11. The Morgan fingerprint density at radius 2 is 1.61 bits per heavy atom. The first-order chi connectivity index (χ1) is 15.3. The Hall–Kier alpha value is -2.80. The highest BCUT2D eigenvalue weighted by molar-refractivity contribution is 8.00. The van der Waals surface area contributed by atoms with Gasteiger partial charge in [-0.2, -0.15) is 0 Å². The van der Waals surface area contributed by atoms with E-state index in [9.17, 15) is 4.79 Å². The van der Waals surface area contributed by atoms with E-state index in [1.54, 1.807) is 0 Å². The van der Waals surface area contributed by atoms with Gasteiger partial charge in [-0.1, -0.05) is 60.3 Å². The van der Waals surface area contributed by atoms with Crippen molar-refractivity contribution in [3.8, 4) is 5.69 Å². The van der Waals surface area contributed by atoms with E-state index in [1.165, 1.54) is 31.0 Å². The van der Waals surface area contributed by atoms with Crippen molar-refractivity contribution in [1.82, 2.24) is 20.1 Å². The number of nitrogens with one attached hydrogen (secondary N) is 1. The summed E-state index contributed by atoms with van der Waals surface area (Å²) >= 11 is 1.48. The lowest BCUT2D eigenvalue weighted by molar-refractivity contribution is -0.120. The fourth-order valence-corrected chi connectivity index (χ4v) is 5.01. The van der Waals surface area contributed by atoms with E-state index in [-0.39, 0.29) is 11.2 Å². The van der Waals surface area contributed by atoms with Crippen molar-refractivity contribution in [2.24, 2.45) is 0 Å². The normalized spacial score (nSPS) is 17.4. The summed E-state index contributed by atoms with van der Waals surface area (Å²) in [5.74, 6) is 0.906. The van der Waals surface area contributed by atoms with E-state index >= 15 is 0 Å². The minimum Gasteiger partial charge on any atom is -0.352 e. The van der Waals surface area contributed by atoms with Crippen LogP contribution in [-0.2, 0) is 4.79 Å². The van der Waals surface area contributed by atoms with Crippen molar-refractivity contribution < 1.29 is 4.79 Å². The number of benzene rings is 2. The SMILES string of the molecule is O=C(NC1CC1)C(Sc1nnc(N2CCCCC2)n1-c1ccccc1)c1ccccc1. The van der Waals surface area contributed by atoms with Crippen molar-refractivity contribution >= 4 is 23.6 Å². The summed E-state index contributed by atoms with van der Waals surface area (Å²) in [7, 11) is 0. The summed E-state index contributed by atoms with van der Waals surface area (Å²) in [6.07, 6.45) is 5.73. The van der Waals surface area contributed by atoms with Crippen LogP contribution in [0.4, 0.5) is 5.95 Å². The summed E-state index contributed by atoms with van der Waals surface area (Å²) in [5.41, 5.74) is 2.00. The number of aromatic nitrogens is 3. The molecule has 5 rings (SSSR count). The van der Waals surface area contributed by atoms with Crippen LogP contribution in [0.1, 0.15) is 42.9 Å². The number of nitrogens with zero attached hydrogens (tertiary/aromatic N) is 4. The number of anilines is 1. The predicted molar refractivity (Wildman–Crippen MR) is 124 cm³/mol. The van der Waals surface area contributed by atoms with Gasteiger partial charge in [0, 0.05) is 19.1 Å². The van der Waals surface area contributed by atoms with Crippen LogP contribution in [0.5, 0.6) is 0 Å². The van der Waals surface area contributed by atoms with Gasteiger partial charge in [-0.25, -0.2) is 0 Å². The van der Waals surface area contributed by atoms with Gasteiger partial charge in [0.25, 0.3) is 0 Å². The zero-order chi connectivity index (χ0) is 21.0. The van der Waals surface area contributed by atoms with E-state index in [4.69, 9.17) is 0 Å². The van der Waals surface area contributed by atoms with Crippen molar-refractivity contribution in [3.05, 3.63) is 66.2 Å². The van der Waals surface area contributed by atoms with Crippen LogP contribution < -0.4 is 10.2 Å². The molecule has 1 N–H and O–H groups in total. The second kappa shape index (κ2) is 9.14. The highest BCUT2D eigenvalue weighted by Gasteiger charge is 2.31. The largest absolute Gasteiger partial charge is 0.352 e. The zero-order valence-corrected chi connectivity index (χ0v) is 18.3. The van der Waals surface area contributed by atoms with Crippen molar-refractivity contribution in [1.29, 1.82) is 0 Å². The molecule has 2 fully saturated rings. The molecule has 160 valence electrons. The van der Waals surface area contributed by atoms with E-state index in [1.807, 2.05) is 48.5 Å². The lowest BCUT2D eigenvalue weighted by atomic mass is 10.1. The molecule has 3 aromatic rings. The fourth-order valence-electron chi connectivity index (χ4n) is 3.95. The molecule has 0 bridgehead atoms. The average Bonchev–Trinajstić information content (AvgIpc) is 3.54. The molecule has 31 heavy (non-hydrogen) atoms. The van der Waals surface area contributed by atoms with Crippen LogP contribution in [-0.4, -0.2) is 39.8 Å². The third kappa shape index (κ3) is 4.61. The Morgan fingerprint density at radius 1 is 0.935 bits per heavy atom. The van der Waals surface area contributed by atoms with Gasteiger partial charge < -0.3 is 10.2 Å². The molecule has 1 saturated carbocycles. The number of thioether (sulfide) groups is 1. The monoisotopic (exact) mass is 433 g/mol. The first kappa shape index (κ1) is 20.1. The Kier molecular flexibility index (Phi) is 5.93. The van der Waals surface area contributed by atoms with Crippen molar-refractivity contribution in [3.63, 3.8) is 0 Å². The lowest BCUT2D eigenvalue weighted by Crippen LogP contribution is -2.32. The maximum atomic E-state index is 13.2. The number of amides is 1. The first-order valence-electron chi connectivity index (χ1n) is 11.1. The second-order valence-electron chi connectivity index (χ2n) is 8.19. The van der Waals surface area contributed by atoms with E-state index in [0.717, 1.165) is 48.3 Å². The van der Waals surface area contributed by atoms with Gasteiger partial charge in [-0.3, -0.25) is 9.36 Å². The van der Waals surface area contributed by atoms with Gasteiger partial charge in [0.05, 0.1) is 5.69 Å². The quantitative estimate of drug-likeness (QED) is 0.561. The molecule has 1 aromatic heterocycles. The van der Waals surface area contributed by atoms with Crippen LogP contribution >= 0.6 is 11.8 Å². The van der Waals surface area contributed by atoms with E-state index in [0.29, 0.717) is 6.04 Å². The summed E-state index contributed by atoms with van der Waals surface area (Å²) in [5, 5.41) is 12.7. The maximum Gasteiger partial charge on any atom is 0.238 e. The number of carbonyl (C=O) groups excluding carboxylic acids is 1. The molecule has 1 unspecified atom stereocenters.